The number of hydrogen-bond acceptors (Lipinski definition) is 4. The molecular formula is C11H13FN4O2S. The van der Waals surface area contributed by atoms with Crippen LogP contribution in [0.15, 0.2) is 35.7 Å². The second-order valence-corrected chi connectivity index (χ2v) is 5.48. The largest absolute Gasteiger partial charge is 0.397 e. The Bertz CT molecular complexity index is 676. The van der Waals surface area contributed by atoms with Crippen LogP contribution in [0.3, 0.4) is 0 Å². The third kappa shape index (κ3) is 2.68. The summed E-state index contributed by atoms with van der Waals surface area (Å²) in [5.41, 5.74) is 5.29. The van der Waals surface area contributed by atoms with Crippen molar-refractivity contribution in [3.8, 4) is 0 Å². The number of benzene rings is 1. The summed E-state index contributed by atoms with van der Waals surface area (Å²) in [6, 6.07) is 3.93. The Hall–Kier alpha value is -2.09. The summed E-state index contributed by atoms with van der Waals surface area (Å²) in [4.78, 5) is 3.76. The number of hydrogen-bond donors (Lipinski definition) is 2. The van der Waals surface area contributed by atoms with Crippen LogP contribution in [0.2, 0.25) is 0 Å². The molecule has 0 spiro atoms. The topological polar surface area (TPSA) is 90.0 Å². The Morgan fingerprint density at radius 3 is 2.79 bits per heavy atom. The number of imidazole rings is 1. The average Bonchev–Trinajstić information content (AvgIpc) is 2.83. The minimum atomic E-state index is -3.95. The van der Waals surface area contributed by atoms with E-state index in [1.807, 2.05) is 6.92 Å². The van der Waals surface area contributed by atoms with Crippen LogP contribution in [0.25, 0.3) is 0 Å². The van der Waals surface area contributed by atoms with Crippen LogP contribution < -0.4 is 10.5 Å². The van der Waals surface area contributed by atoms with Crippen molar-refractivity contribution in [3.63, 3.8) is 0 Å². The maximum Gasteiger partial charge on any atom is 0.281 e. The van der Waals surface area contributed by atoms with E-state index in [4.69, 9.17) is 5.73 Å². The smallest absolute Gasteiger partial charge is 0.281 e. The number of nitrogens with two attached hydrogens (primary N) is 1. The third-order valence-corrected chi connectivity index (χ3v) is 3.77. The van der Waals surface area contributed by atoms with Crippen LogP contribution in [0.4, 0.5) is 15.8 Å². The third-order valence-electron chi connectivity index (χ3n) is 2.53. The van der Waals surface area contributed by atoms with Crippen LogP contribution in [-0.4, -0.2) is 18.0 Å². The lowest BCUT2D eigenvalue weighted by molar-refractivity contribution is 0.595. The molecule has 0 radical (unpaired) electrons. The van der Waals surface area contributed by atoms with Crippen molar-refractivity contribution in [2.45, 2.75) is 18.5 Å². The number of nitrogens with one attached hydrogen (secondary N) is 1. The van der Waals surface area contributed by atoms with E-state index in [1.165, 1.54) is 24.7 Å². The van der Waals surface area contributed by atoms with Gasteiger partial charge in [-0.3, -0.25) is 4.72 Å². The van der Waals surface area contributed by atoms with E-state index in [9.17, 15) is 12.8 Å². The summed E-state index contributed by atoms with van der Waals surface area (Å²) >= 11 is 0. The van der Waals surface area contributed by atoms with E-state index in [0.717, 1.165) is 6.07 Å². The van der Waals surface area contributed by atoms with Crippen molar-refractivity contribution >= 4 is 21.4 Å². The van der Waals surface area contributed by atoms with Gasteiger partial charge in [-0.1, -0.05) is 6.07 Å². The molecule has 0 aliphatic heterocycles. The van der Waals surface area contributed by atoms with Gasteiger partial charge in [0, 0.05) is 12.7 Å². The van der Waals surface area contributed by atoms with Crippen molar-refractivity contribution in [1.82, 2.24) is 9.55 Å². The van der Waals surface area contributed by atoms with Gasteiger partial charge in [0.1, 0.15) is 11.5 Å². The highest BCUT2D eigenvalue weighted by Gasteiger charge is 2.20. The van der Waals surface area contributed by atoms with Gasteiger partial charge in [0.15, 0.2) is 5.03 Å². The first-order valence-electron chi connectivity index (χ1n) is 5.52. The van der Waals surface area contributed by atoms with Gasteiger partial charge in [0.2, 0.25) is 0 Å². The molecule has 6 nitrogen and oxygen atoms in total. The fraction of sp³-hybridized carbons (Fsp3) is 0.182. The van der Waals surface area contributed by atoms with Crippen molar-refractivity contribution in [1.29, 1.82) is 0 Å². The van der Waals surface area contributed by atoms with Crippen molar-refractivity contribution in [2.75, 3.05) is 10.5 Å². The zero-order valence-corrected chi connectivity index (χ0v) is 11.0. The summed E-state index contributed by atoms with van der Waals surface area (Å²) in [5.74, 6) is -0.738. The molecule has 0 amide bonds. The SMILES string of the molecule is CCn1cnc(S(=O)(=O)Nc2c(N)cccc2F)c1. The Balaban J connectivity index is 2.36. The van der Waals surface area contributed by atoms with Crippen molar-refractivity contribution in [3.05, 3.63) is 36.5 Å². The Kier molecular flexibility index (Phi) is 3.43. The second-order valence-electron chi connectivity index (χ2n) is 3.85. The van der Waals surface area contributed by atoms with E-state index < -0.39 is 15.8 Å². The molecule has 3 N–H and O–H groups in total. The molecule has 0 saturated carbocycles. The van der Waals surface area contributed by atoms with E-state index in [2.05, 4.69) is 9.71 Å². The molecule has 0 saturated heterocycles. The maximum atomic E-state index is 13.5. The summed E-state index contributed by atoms with van der Waals surface area (Å²) in [7, 11) is -3.95. The number of sulfonamides is 1. The molecule has 0 unspecified atom stereocenters. The minimum Gasteiger partial charge on any atom is -0.397 e. The van der Waals surface area contributed by atoms with Crippen LogP contribution in [0.1, 0.15) is 6.92 Å². The lowest BCUT2D eigenvalue weighted by Crippen LogP contribution is -2.15. The Morgan fingerprint density at radius 2 is 2.21 bits per heavy atom. The van der Waals surface area contributed by atoms with E-state index in [0.29, 0.717) is 6.54 Å². The molecular weight excluding hydrogens is 271 g/mol. The fourth-order valence-corrected chi connectivity index (χ4v) is 2.54. The van der Waals surface area contributed by atoms with Crippen molar-refractivity contribution < 1.29 is 12.8 Å². The minimum absolute atomic E-state index is 0.0125. The highest BCUT2D eigenvalue weighted by Crippen LogP contribution is 2.24. The highest BCUT2D eigenvalue weighted by atomic mass is 32.2. The number of nitrogens with zero attached hydrogens (tertiary/aromatic N) is 2. The standard InChI is InChI=1S/C11H13FN4O2S/c1-2-16-6-10(14-7-16)19(17,18)15-11-8(12)4-3-5-9(11)13/h3-7,15H,2,13H2,1H3. The number of nitrogen functional groups attached to an aromatic ring is 1. The molecule has 8 heteroatoms. The van der Waals surface area contributed by atoms with Gasteiger partial charge in [-0.05, 0) is 19.1 Å². The zero-order valence-electron chi connectivity index (χ0n) is 10.2. The molecule has 1 aromatic carbocycles. The quantitative estimate of drug-likeness (QED) is 0.831. The number of para-hydroxylation sites is 1. The molecule has 0 aliphatic carbocycles. The zero-order chi connectivity index (χ0) is 14.0. The molecule has 102 valence electrons. The van der Waals surface area contributed by atoms with Gasteiger partial charge in [-0.15, -0.1) is 0 Å². The Labute approximate surface area is 110 Å². The second kappa shape index (κ2) is 4.88. The van der Waals surface area contributed by atoms with Gasteiger partial charge >= 0.3 is 0 Å². The number of aryl methyl sites for hydroxylation is 1. The summed E-state index contributed by atoms with van der Waals surface area (Å²) in [5, 5.41) is -0.183. The van der Waals surface area contributed by atoms with Crippen molar-refractivity contribution in [2.24, 2.45) is 0 Å². The Morgan fingerprint density at radius 1 is 1.47 bits per heavy atom. The maximum absolute atomic E-state index is 13.5. The number of rotatable bonds is 4. The first-order chi connectivity index (χ1) is 8.94. The summed E-state index contributed by atoms with van der Waals surface area (Å²) < 4.78 is 41.3. The highest BCUT2D eigenvalue weighted by molar-refractivity contribution is 7.92. The average molecular weight is 284 g/mol. The molecule has 1 aromatic heterocycles. The number of halogens is 1. The first kappa shape index (κ1) is 13.3. The molecule has 1 heterocycles. The van der Waals surface area contributed by atoms with E-state index >= 15 is 0 Å². The van der Waals surface area contributed by atoms with E-state index in [1.54, 1.807) is 4.57 Å². The van der Waals surface area contributed by atoms with Gasteiger partial charge in [-0.2, -0.15) is 8.42 Å². The molecule has 19 heavy (non-hydrogen) atoms. The molecule has 2 rings (SSSR count). The summed E-state index contributed by atoms with van der Waals surface area (Å²) in [6.45, 7) is 2.44. The normalized spacial score (nSPS) is 11.5. The van der Waals surface area contributed by atoms with Gasteiger partial charge in [0.05, 0.1) is 12.0 Å². The van der Waals surface area contributed by atoms with Gasteiger partial charge in [0.25, 0.3) is 10.0 Å². The first-order valence-corrected chi connectivity index (χ1v) is 7.01. The number of anilines is 2. The van der Waals surface area contributed by atoms with Crippen LogP contribution in [0, 0.1) is 5.82 Å². The monoisotopic (exact) mass is 284 g/mol. The molecule has 0 atom stereocenters. The molecule has 2 aromatic rings. The summed E-state index contributed by atoms with van der Waals surface area (Å²) in [6.07, 6.45) is 2.75. The predicted octanol–water partition coefficient (Wildman–Crippen LogP) is 1.43. The van der Waals surface area contributed by atoms with Gasteiger partial charge < -0.3 is 10.3 Å². The predicted molar refractivity (Wildman–Crippen MR) is 69.5 cm³/mol. The molecule has 0 bridgehead atoms. The lowest BCUT2D eigenvalue weighted by atomic mass is 10.3. The fourth-order valence-electron chi connectivity index (χ4n) is 1.49. The van der Waals surface area contributed by atoms with Gasteiger partial charge in [-0.25, -0.2) is 9.37 Å². The van der Waals surface area contributed by atoms with E-state index in [-0.39, 0.29) is 16.4 Å². The van der Waals surface area contributed by atoms with Crippen LogP contribution in [-0.2, 0) is 16.6 Å². The van der Waals surface area contributed by atoms with Crippen LogP contribution in [0.5, 0.6) is 0 Å². The lowest BCUT2D eigenvalue weighted by Gasteiger charge is -2.09. The number of aromatic nitrogens is 2. The molecule has 0 fully saturated rings. The van der Waals surface area contributed by atoms with Crippen LogP contribution >= 0.6 is 0 Å². The molecule has 0 aliphatic rings.